The Bertz CT molecular complexity index is 1180. The van der Waals surface area contributed by atoms with E-state index in [0.29, 0.717) is 5.69 Å². The molecule has 0 saturated heterocycles. The Hall–Kier alpha value is -3.20. The highest BCUT2D eigenvalue weighted by atomic mass is 32.1. The van der Waals surface area contributed by atoms with E-state index in [4.69, 9.17) is 0 Å². The first-order chi connectivity index (χ1) is 13.8. The van der Waals surface area contributed by atoms with E-state index in [1.807, 2.05) is 42.5 Å². The van der Waals surface area contributed by atoms with E-state index in [1.54, 1.807) is 6.07 Å². The molecule has 1 N–H and O–H groups in total. The van der Waals surface area contributed by atoms with Crippen molar-refractivity contribution in [2.24, 2.45) is 0 Å². The zero-order valence-electron chi connectivity index (χ0n) is 15.2. The van der Waals surface area contributed by atoms with Gasteiger partial charge >= 0.3 is 6.18 Å². The molecule has 0 saturated carbocycles. The van der Waals surface area contributed by atoms with E-state index >= 15 is 0 Å². The molecule has 4 aromatic rings. The molecule has 5 nitrogen and oxygen atoms in total. The van der Waals surface area contributed by atoms with Gasteiger partial charge in [-0.15, -0.1) is 11.3 Å². The summed E-state index contributed by atoms with van der Waals surface area (Å²) in [6.07, 6.45) is -4.49. The zero-order valence-corrected chi connectivity index (χ0v) is 16.0. The Morgan fingerprint density at radius 2 is 1.90 bits per heavy atom. The maximum absolute atomic E-state index is 12.7. The molecule has 148 valence electrons. The monoisotopic (exact) mass is 416 g/mol. The van der Waals surface area contributed by atoms with Gasteiger partial charge in [-0.05, 0) is 22.9 Å². The third kappa shape index (κ3) is 4.00. The molecule has 0 fully saturated rings. The number of carbonyl (C=O) groups excluding carboxylic acids is 1. The molecule has 0 aliphatic rings. The van der Waals surface area contributed by atoms with Gasteiger partial charge in [0.2, 0.25) is 0 Å². The Morgan fingerprint density at radius 1 is 1.14 bits per heavy atom. The molecule has 0 bridgehead atoms. The molecular formula is C20H15F3N4OS. The Morgan fingerprint density at radius 3 is 2.62 bits per heavy atom. The van der Waals surface area contributed by atoms with Gasteiger partial charge in [-0.25, -0.2) is 4.98 Å². The first kappa shape index (κ1) is 19.1. The number of aromatic nitrogens is 3. The van der Waals surface area contributed by atoms with Crippen molar-refractivity contribution in [3.05, 3.63) is 70.3 Å². The molecule has 2 heterocycles. The van der Waals surface area contributed by atoms with Crippen molar-refractivity contribution < 1.29 is 18.0 Å². The van der Waals surface area contributed by atoms with E-state index in [-0.39, 0.29) is 23.2 Å². The maximum Gasteiger partial charge on any atom is 0.434 e. The fourth-order valence-electron chi connectivity index (χ4n) is 2.92. The van der Waals surface area contributed by atoms with Crippen LogP contribution in [-0.2, 0) is 12.7 Å². The van der Waals surface area contributed by atoms with E-state index in [2.05, 4.69) is 15.2 Å². The summed E-state index contributed by atoms with van der Waals surface area (Å²) in [5.41, 5.74) is 0.777. The van der Waals surface area contributed by atoms with Gasteiger partial charge in [0, 0.05) is 18.0 Å². The van der Waals surface area contributed by atoms with Gasteiger partial charge in [0.25, 0.3) is 5.91 Å². The van der Waals surface area contributed by atoms with E-state index in [9.17, 15) is 18.0 Å². The fourth-order valence-corrected chi connectivity index (χ4v) is 3.78. The minimum absolute atomic E-state index is 0.0239. The van der Waals surface area contributed by atoms with Crippen LogP contribution in [0.4, 0.5) is 13.2 Å². The summed E-state index contributed by atoms with van der Waals surface area (Å²) in [5, 5.41) is 10.2. The molecule has 9 heteroatoms. The van der Waals surface area contributed by atoms with Crippen LogP contribution in [-0.4, -0.2) is 33.0 Å². The predicted molar refractivity (Wildman–Crippen MR) is 104 cm³/mol. The highest BCUT2D eigenvalue weighted by Gasteiger charge is 2.33. The van der Waals surface area contributed by atoms with Gasteiger partial charge in [-0.3, -0.25) is 9.89 Å². The number of H-pyrrole nitrogens is 1. The van der Waals surface area contributed by atoms with Crippen LogP contribution in [0.25, 0.3) is 22.0 Å². The second kappa shape index (κ2) is 7.32. The lowest BCUT2D eigenvalue weighted by Gasteiger charge is -2.14. The minimum atomic E-state index is -4.49. The van der Waals surface area contributed by atoms with Gasteiger partial charge in [0.05, 0.1) is 12.2 Å². The molecule has 0 spiro atoms. The molecule has 0 aliphatic heterocycles. The van der Waals surface area contributed by atoms with Crippen LogP contribution in [0.5, 0.6) is 0 Å². The lowest BCUT2D eigenvalue weighted by molar-refractivity contribution is -0.140. The van der Waals surface area contributed by atoms with Crippen molar-refractivity contribution in [1.82, 2.24) is 20.1 Å². The lowest BCUT2D eigenvalue weighted by Crippen LogP contribution is -2.26. The van der Waals surface area contributed by atoms with Crippen molar-refractivity contribution >= 4 is 28.0 Å². The van der Waals surface area contributed by atoms with Crippen LogP contribution in [0.15, 0.2) is 53.9 Å². The second-order valence-corrected chi connectivity index (χ2v) is 7.46. The quantitative estimate of drug-likeness (QED) is 0.511. The van der Waals surface area contributed by atoms with Crippen molar-refractivity contribution in [3.8, 4) is 11.3 Å². The van der Waals surface area contributed by atoms with E-state index < -0.39 is 11.9 Å². The van der Waals surface area contributed by atoms with Gasteiger partial charge in [-0.1, -0.05) is 36.4 Å². The number of hydrogen-bond acceptors (Lipinski definition) is 4. The molecule has 29 heavy (non-hydrogen) atoms. The number of carbonyl (C=O) groups is 1. The number of amides is 1. The van der Waals surface area contributed by atoms with Crippen LogP contribution in [0.1, 0.15) is 21.2 Å². The smallest absolute Gasteiger partial charge is 0.334 e. The first-order valence-corrected chi connectivity index (χ1v) is 9.51. The number of nitrogens with zero attached hydrogens (tertiary/aromatic N) is 3. The van der Waals surface area contributed by atoms with Crippen molar-refractivity contribution in [2.75, 3.05) is 7.05 Å². The number of aromatic amines is 1. The summed E-state index contributed by atoms with van der Waals surface area (Å²) >= 11 is 0.870. The normalized spacial score (nSPS) is 11.7. The molecule has 2 aromatic carbocycles. The molecular weight excluding hydrogens is 401 g/mol. The molecule has 0 radical (unpaired) electrons. The van der Waals surface area contributed by atoms with Crippen LogP contribution in [0, 0.1) is 0 Å². The van der Waals surface area contributed by atoms with Gasteiger partial charge in [-0.2, -0.15) is 18.3 Å². The topological polar surface area (TPSA) is 61.9 Å². The number of thiazole rings is 1. The molecule has 0 atom stereocenters. The van der Waals surface area contributed by atoms with E-state index in [0.717, 1.165) is 33.1 Å². The number of benzene rings is 2. The maximum atomic E-state index is 12.7. The molecule has 0 unspecified atom stereocenters. The SMILES string of the molecule is CN(Cc1nc(C(F)(F)F)cs1)C(=O)c1cc(-c2ccc3ccccc3c2)n[nH]1. The number of nitrogens with one attached hydrogen (secondary N) is 1. The Balaban J connectivity index is 1.50. The van der Waals surface area contributed by atoms with Gasteiger partial charge < -0.3 is 4.90 Å². The number of fused-ring (bicyclic) bond motifs is 1. The van der Waals surface area contributed by atoms with Gasteiger partial charge in [0.1, 0.15) is 10.7 Å². The van der Waals surface area contributed by atoms with Crippen LogP contribution in [0.2, 0.25) is 0 Å². The highest BCUT2D eigenvalue weighted by Crippen LogP contribution is 2.30. The van der Waals surface area contributed by atoms with E-state index in [1.165, 1.54) is 11.9 Å². The summed E-state index contributed by atoms with van der Waals surface area (Å²) in [6, 6.07) is 15.4. The summed E-state index contributed by atoms with van der Waals surface area (Å²) in [7, 11) is 1.51. The largest absolute Gasteiger partial charge is 0.434 e. The summed E-state index contributed by atoms with van der Waals surface area (Å²) in [4.78, 5) is 17.5. The van der Waals surface area contributed by atoms with Crippen LogP contribution in [0.3, 0.4) is 0 Å². The number of rotatable bonds is 4. The van der Waals surface area contributed by atoms with Crippen molar-refractivity contribution in [2.45, 2.75) is 12.7 Å². The van der Waals surface area contributed by atoms with Crippen molar-refractivity contribution in [3.63, 3.8) is 0 Å². The van der Waals surface area contributed by atoms with Crippen molar-refractivity contribution in [1.29, 1.82) is 0 Å². The first-order valence-electron chi connectivity index (χ1n) is 8.63. The number of hydrogen-bond donors (Lipinski definition) is 1. The zero-order chi connectivity index (χ0) is 20.6. The fraction of sp³-hybridized carbons (Fsp3) is 0.150. The van der Waals surface area contributed by atoms with Crippen LogP contribution >= 0.6 is 11.3 Å². The Kier molecular flexibility index (Phi) is 4.83. The number of halogens is 3. The second-order valence-electron chi connectivity index (χ2n) is 6.51. The Labute approximate surface area is 167 Å². The highest BCUT2D eigenvalue weighted by molar-refractivity contribution is 7.09. The molecule has 1 amide bonds. The van der Waals surface area contributed by atoms with Crippen LogP contribution < -0.4 is 0 Å². The summed E-state index contributed by atoms with van der Waals surface area (Å²) in [5.74, 6) is -0.381. The van der Waals surface area contributed by atoms with Gasteiger partial charge in [0.15, 0.2) is 5.69 Å². The molecule has 0 aliphatic carbocycles. The summed E-state index contributed by atoms with van der Waals surface area (Å²) < 4.78 is 38.0. The molecule has 4 rings (SSSR count). The summed E-state index contributed by atoms with van der Waals surface area (Å²) in [6.45, 7) is -0.0239. The number of alkyl halides is 3. The minimum Gasteiger partial charge on any atom is -0.334 e. The molecule has 2 aromatic heterocycles. The third-order valence-electron chi connectivity index (χ3n) is 4.41. The standard InChI is InChI=1S/C20H15F3N4OS/c1-27(10-18-24-17(11-29-18)20(21,22)23)19(28)16-9-15(25-26-16)14-7-6-12-4-2-3-5-13(12)8-14/h2-9,11H,10H2,1H3,(H,25,26). The average Bonchev–Trinajstić information content (AvgIpc) is 3.36. The third-order valence-corrected chi connectivity index (χ3v) is 5.25. The average molecular weight is 416 g/mol. The predicted octanol–water partition coefficient (Wildman–Crippen LogP) is 4.98. The lowest BCUT2D eigenvalue weighted by atomic mass is 10.1.